The highest BCUT2D eigenvalue weighted by molar-refractivity contribution is 4.13. The average Bonchev–Trinajstić information content (AvgIpc) is 1.76. The smallest absolute Gasteiger partial charge is 0.222 e. The summed E-state index contributed by atoms with van der Waals surface area (Å²) in [4.78, 5) is 0. The van der Waals surface area contributed by atoms with E-state index in [4.69, 9.17) is 0 Å². The summed E-state index contributed by atoms with van der Waals surface area (Å²) in [6, 6.07) is 0. The lowest BCUT2D eigenvalue weighted by atomic mass is 11.5. The second-order valence-corrected chi connectivity index (χ2v) is 0.455. The van der Waals surface area contributed by atoms with Crippen molar-refractivity contribution in [2.45, 2.75) is 0 Å². The fourth-order valence-corrected chi connectivity index (χ4v) is 0.0913. The third kappa shape index (κ3) is 0.212. The summed E-state index contributed by atoms with van der Waals surface area (Å²) in [7, 11) is 0. The minimum Gasteiger partial charge on any atom is -0.222 e. The van der Waals surface area contributed by atoms with Crippen molar-refractivity contribution >= 4 is 0 Å². The molecule has 1 aromatic rings. The van der Waals surface area contributed by atoms with Crippen LogP contribution >= 0.6 is 0 Å². The van der Waals surface area contributed by atoms with Gasteiger partial charge in [0, 0.05) is 0 Å². The third-order valence-corrected chi connectivity index (χ3v) is 0.204. The molecule has 1 heterocycles. The molecule has 0 N–H and O–H groups in total. The number of hydrogen-bond donors (Lipinski definition) is 0. The van der Waals surface area contributed by atoms with E-state index in [1.807, 2.05) is 0 Å². The molecule has 1 rings (SSSR count). The Morgan fingerprint density at radius 3 is 2.80 bits per heavy atom. The maximum atomic E-state index is 3.92. The highest BCUT2D eigenvalue weighted by Gasteiger charge is 1.65. The first kappa shape index (κ1) is 2.32. The van der Waals surface area contributed by atoms with E-state index in [2.05, 4.69) is 26.5 Å². The maximum Gasteiger partial charge on any atom is 0.269 e. The molecule has 4 heteroatoms. The standard InChI is InChI=1S/CN3O/c1-2-4-5-3-1. The first-order valence-corrected chi connectivity index (χ1v) is 1.01. The topological polar surface area (TPSA) is 51.8 Å². The lowest BCUT2D eigenvalue weighted by molar-refractivity contribution is 0.292. The molecule has 0 aliphatic rings. The Hall–Kier alpha value is -0.930. The Labute approximate surface area is 27.8 Å². The van der Waals surface area contributed by atoms with Crippen LogP contribution < -0.4 is 0 Å². The first-order chi connectivity index (χ1) is 2.50. The molecular weight excluding hydrogens is 70.0 g/mol. The summed E-state index contributed by atoms with van der Waals surface area (Å²) in [5.41, 5.74) is 0. The van der Waals surface area contributed by atoms with Crippen molar-refractivity contribution in [2.24, 2.45) is 0 Å². The zero-order valence-corrected chi connectivity index (χ0v) is 2.25. The minimum absolute atomic E-state index is 2.08. The lowest BCUT2D eigenvalue weighted by Gasteiger charge is -1.40. The predicted molar refractivity (Wildman–Crippen MR) is 10.9 cm³/mol. The Bertz CT molecular complexity index is 63.4. The molecule has 0 saturated heterocycles. The number of rotatable bonds is 0. The normalized spacial score (nSPS) is 8.00. The summed E-state index contributed by atoms with van der Waals surface area (Å²) >= 11 is 0. The van der Waals surface area contributed by atoms with Gasteiger partial charge in [0.25, 0.3) is 6.33 Å². The largest absolute Gasteiger partial charge is 0.269 e. The number of hydrogen-bond acceptors (Lipinski definition) is 4. The van der Waals surface area contributed by atoms with E-state index in [9.17, 15) is 0 Å². The highest BCUT2D eigenvalue weighted by atomic mass is 16.6. The van der Waals surface area contributed by atoms with Gasteiger partial charge in [0.1, 0.15) is 0 Å². The Morgan fingerprint density at radius 1 is 1.60 bits per heavy atom. The van der Waals surface area contributed by atoms with E-state index >= 15 is 0 Å². The number of nitrogens with zero attached hydrogens (tertiary/aromatic N) is 3. The van der Waals surface area contributed by atoms with Gasteiger partial charge in [-0.2, -0.15) is 0 Å². The summed E-state index contributed by atoms with van der Waals surface area (Å²) in [6.07, 6.45) is 2.08. The summed E-state index contributed by atoms with van der Waals surface area (Å²) in [6.45, 7) is 0. The molecule has 0 saturated carbocycles. The van der Waals surface area contributed by atoms with Gasteiger partial charge in [-0.15, -0.1) is 0 Å². The van der Waals surface area contributed by atoms with Crippen molar-refractivity contribution in [3.63, 3.8) is 0 Å². The average molecular weight is 70.0 g/mol. The van der Waals surface area contributed by atoms with Crippen molar-refractivity contribution in [1.82, 2.24) is 15.5 Å². The zero-order chi connectivity index (χ0) is 3.54. The maximum absolute atomic E-state index is 3.92. The van der Waals surface area contributed by atoms with Crippen molar-refractivity contribution in [3.8, 4) is 0 Å². The molecule has 0 spiro atoms. The van der Waals surface area contributed by atoms with Gasteiger partial charge in [-0.3, -0.25) is 0 Å². The van der Waals surface area contributed by atoms with Gasteiger partial charge >= 0.3 is 0 Å². The van der Waals surface area contributed by atoms with Crippen molar-refractivity contribution in [3.05, 3.63) is 6.33 Å². The van der Waals surface area contributed by atoms with Crippen LogP contribution in [0.2, 0.25) is 0 Å². The van der Waals surface area contributed by atoms with Crippen molar-refractivity contribution in [2.75, 3.05) is 0 Å². The molecule has 0 atom stereocenters. The van der Waals surface area contributed by atoms with Gasteiger partial charge in [0.2, 0.25) is 0 Å². The predicted octanol–water partition coefficient (Wildman–Crippen LogP) is -0.735. The molecule has 1 aromatic heterocycles. The van der Waals surface area contributed by atoms with Crippen LogP contribution in [0.15, 0.2) is 4.63 Å². The van der Waals surface area contributed by atoms with Gasteiger partial charge in [-0.25, -0.2) is 4.63 Å². The highest BCUT2D eigenvalue weighted by Crippen LogP contribution is 1.51. The van der Waals surface area contributed by atoms with Gasteiger partial charge in [0.05, 0.1) is 5.27 Å². The van der Waals surface area contributed by atoms with Crippen LogP contribution in [0.4, 0.5) is 0 Å². The van der Waals surface area contributed by atoms with E-state index in [1.165, 1.54) is 0 Å². The van der Waals surface area contributed by atoms with Crippen LogP contribution in [0, 0.1) is 6.33 Å². The van der Waals surface area contributed by atoms with Gasteiger partial charge in [0.15, 0.2) is 0 Å². The summed E-state index contributed by atoms with van der Waals surface area (Å²) < 4.78 is 3.92. The van der Waals surface area contributed by atoms with Crippen LogP contribution in [0.25, 0.3) is 0 Å². The lowest BCUT2D eigenvalue weighted by Crippen LogP contribution is -1.54. The molecule has 0 fully saturated rings. The van der Waals surface area contributed by atoms with E-state index in [0.29, 0.717) is 0 Å². The molecule has 25 valence electrons. The fraction of sp³-hybridized carbons (Fsp3) is 0. The molecule has 4 nitrogen and oxygen atoms in total. The van der Waals surface area contributed by atoms with Crippen LogP contribution in [0.1, 0.15) is 0 Å². The molecule has 1 radical (unpaired) electrons. The van der Waals surface area contributed by atoms with E-state index in [1.54, 1.807) is 0 Å². The SMILES string of the molecule is [c]1nnon1. The van der Waals surface area contributed by atoms with Crippen LogP contribution in [-0.4, -0.2) is 15.5 Å². The number of aromatic nitrogens is 3. The van der Waals surface area contributed by atoms with E-state index in [0.717, 1.165) is 0 Å². The van der Waals surface area contributed by atoms with E-state index < -0.39 is 0 Å². The summed E-state index contributed by atoms with van der Waals surface area (Å²) in [5.74, 6) is 0. The fourth-order valence-electron chi connectivity index (χ4n) is 0.0913. The minimum atomic E-state index is 2.08. The van der Waals surface area contributed by atoms with Crippen LogP contribution in [0.5, 0.6) is 0 Å². The van der Waals surface area contributed by atoms with Gasteiger partial charge < -0.3 is 0 Å². The molecule has 0 unspecified atom stereocenters. The second-order valence-electron chi connectivity index (χ2n) is 0.455. The molecule has 0 aliphatic heterocycles. The molecule has 0 aromatic carbocycles. The molecule has 0 amide bonds. The Morgan fingerprint density at radius 2 is 2.60 bits per heavy atom. The van der Waals surface area contributed by atoms with Gasteiger partial charge in [-0.05, 0) is 5.16 Å². The van der Waals surface area contributed by atoms with Gasteiger partial charge in [-0.1, -0.05) is 5.10 Å². The summed E-state index contributed by atoms with van der Waals surface area (Å²) in [5, 5.41) is 9.00. The van der Waals surface area contributed by atoms with Crippen LogP contribution in [-0.2, 0) is 0 Å². The molecule has 0 bridgehead atoms. The third-order valence-electron chi connectivity index (χ3n) is 0.204. The Kier molecular flexibility index (Phi) is 0.368. The first-order valence-electron chi connectivity index (χ1n) is 1.01. The molecule has 0 aliphatic carbocycles. The quantitative estimate of drug-likeness (QED) is 0.403. The van der Waals surface area contributed by atoms with Crippen molar-refractivity contribution in [1.29, 1.82) is 0 Å². The Balaban J connectivity index is 3.13. The second kappa shape index (κ2) is 0.794. The zero-order valence-electron chi connectivity index (χ0n) is 2.25. The molecule has 5 heavy (non-hydrogen) atoms. The van der Waals surface area contributed by atoms with E-state index in [-0.39, 0.29) is 0 Å². The monoisotopic (exact) mass is 70.0 g/mol. The molecular formula is CN3O. The van der Waals surface area contributed by atoms with Crippen molar-refractivity contribution < 1.29 is 4.63 Å². The van der Waals surface area contributed by atoms with Crippen LogP contribution in [0.3, 0.4) is 0 Å².